The summed E-state index contributed by atoms with van der Waals surface area (Å²) in [5.74, 6) is -0.711. The molecule has 1 aromatic heterocycles. The summed E-state index contributed by atoms with van der Waals surface area (Å²) >= 11 is 0. The van der Waals surface area contributed by atoms with E-state index < -0.39 is 25.1 Å². The normalized spacial score (nSPS) is 22.3. The zero-order valence-electron chi connectivity index (χ0n) is 16.5. The summed E-state index contributed by atoms with van der Waals surface area (Å²) in [7, 11) is -6.99. The Labute approximate surface area is 175 Å². The average molecular weight is 454 g/mol. The number of hydrogen-bond donors (Lipinski definition) is 0. The third kappa shape index (κ3) is 3.98. The lowest BCUT2D eigenvalue weighted by molar-refractivity contribution is 0.0690. The van der Waals surface area contributed by atoms with Gasteiger partial charge >= 0.3 is 0 Å². The van der Waals surface area contributed by atoms with E-state index in [1.165, 1.54) is 9.10 Å². The van der Waals surface area contributed by atoms with E-state index in [0.717, 1.165) is 5.69 Å². The highest BCUT2D eigenvalue weighted by atomic mass is 32.2. The van der Waals surface area contributed by atoms with Gasteiger partial charge in [0, 0.05) is 26.2 Å². The summed E-state index contributed by atoms with van der Waals surface area (Å²) < 4.78 is 50.1. The third-order valence-corrected chi connectivity index (χ3v) is 9.78. The number of aromatic nitrogens is 3. The van der Waals surface area contributed by atoms with Crippen LogP contribution in [0.2, 0.25) is 0 Å². The quantitative estimate of drug-likeness (QED) is 0.631. The summed E-state index contributed by atoms with van der Waals surface area (Å²) in [5.41, 5.74) is 1.47. The molecule has 4 rings (SSSR count). The van der Waals surface area contributed by atoms with Crippen LogP contribution in [0.1, 0.15) is 22.6 Å². The molecular formula is C18H23N5O5S2. The molecule has 3 heterocycles. The minimum absolute atomic E-state index is 0.0916. The fraction of sp³-hybridized carbons (Fsp3) is 0.500. The van der Waals surface area contributed by atoms with E-state index in [1.54, 1.807) is 11.8 Å². The van der Waals surface area contributed by atoms with Crippen LogP contribution >= 0.6 is 0 Å². The average Bonchev–Trinajstić information content (AvgIpc) is 3.30. The van der Waals surface area contributed by atoms with Gasteiger partial charge in [-0.1, -0.05) is 18.2 Å². The van der Waals surface area contributed by atoms with Crippen molar-refractivity contribution in [3.05, 3.63) is 41.7 Å². The SMILES string of the molecule is Cc1nn(-c2ccccc2)nc1C(=O)N1CCN(S(=O)(=O)[C@@H]2CCS(=O)(=O)C2)CC1. The van der Waals surface area contributed by atoms with Crippen LogP contribution in [-0.2, 0) is 19.9 Å². The number of sulfonamides is 1. The lowest BCUT2D eigenvalue weighted by Crippen LogP contribution is -2.52. The summed E-state index contributed by atoms with van der Waals surface area (Å²) in [5, 5.41) is 7.74. The van der Waals surface area contributed by atoms with Crippen molar-refractivity contribution < 1.29 is 21.6 Å². The molecular weight excluding hydrogens is 430 g/mol. The Hall–Kier alpha value is -2.31. The monoisotopic (exact) mass is 453 g/mol. The second-order valence-electron chi connectivity index (χ2n) is 7.52. The fourth-order valence-corrected chi connectivity index (χ4v) is 8.27. The van der Waals surface area contributed by atoms with Gasteiger partial charge in [-0.25, -0.2) is 16.8 Å². The standard InChI is InChI=1S/C18H23N5O5S2/c1-14-17(20-23(19-14)15-5-3-2-4-6-15)18(24)21-8-10-22(11-9-21)30(27,28)16-7-12-29(25,26)13-16/h2-6,16H,7-13H2,1H3/t16-/m1/s1. The molecule has 0 bridgehead atoms. The van der Waals surface area contributed by atoms with Gasteiger partial charge in [-0.15, -0.1) is 5.10 Å². The van der Waals surface area contributed by atoms with Crippen molar-refractivity contribution in [1.29, 1.82) is 0 Å². The molecule has 2 fully saturated rings. The minimum atomic E-state index is -3.70. The maximum atomic E-state index is 12.9. The molecule has 0 spiro atoms. The van der Waals surface area contributed by atoms with Crippen molar-refractivity contribution in [3.8, 4) is 5.69 Å². The van der Waals surface area contributed by atoms with E-state index >= 15 is 0 Å². The number of nitrogens with zero attached hydrogens (tertiary/aromatic N) is 5. The van der Waals surface area contributed by atoms with Crippen LogP contribution in [0, 0.1) is 6.92 Å². The van der Waals surface area contributed by atoms with Gasteiger partial charge in [0.1, 0.15) is 0 Å². The molecule has 2 aromatic rings. The van der Waals surface area contributed by atoms with Gasteiger partial charge in [0.05, 0.1) is 28.1 Å². The molecule has 162 valence electrons. The lowest BCUT2D eigenvalue weighted by Gasteiger charge is -2.34. The van der Waals surface area contributed by atoms with Gasteiger partial charge in [-0.05, 0) is 25.5 Å². The second kappa shape index (κ2) is 7.75. The number of carbonyl (C=O) groups is 1. The fourth-order valence-electron chi connectivity index (χ4n) is 3.76. The molecule has 0 saturated carbocycles. The Kier molecular flexibility index (Phi) is 5.41. The van der Waals surface area contributed by atoms with Crippen LogP contribution in [0.3, 0.4) is 0 Å². The molecule has 2 aliphatic rings. The van der Waals surface area contributed by atoms with Gasteiger partial charge in [0.15, 0.2) is 15.5 Å². The first-order valence-corrected chi connectivity index (χ1v) is 13.0. The zero-order valence-corrected chi connectivity index (χ0v) is 18.1. The molecule has 12 heteroatoms. The second-order valence-corrected chi connectivity index (χ2v) is 12.0. The number of aryl methyl sites for hydroxylation is 1. The zero-order chi connectivity index (χ0) is 21.5. The highest BCUT2D eigenvalue weighted by molar-refractivity contribution is 7.95. The number of piperazine rings is 1. The predicted molar refractivity (Wildman–Crippen MR) is 110 cm³/mol. The molecule has 2 saturated heterocycles. The largest absolute Gasteiger partial charge is 0.335 e. The minimum Gasteiger partial charge on any atom is -0.335 e. The summed E-state index contributed by atoms with van der Waals surface area (Å²) in [6.45, 7) is 2.41. The van der Waals surface area contributed by atoms with Gasteiger partial charge in [0.25, 0.3) is 5.91 Å². The number of carbonyl (C=O) groups excluding carboxylic acids is 1. The molecule has 10 nitrogen and oxygen atoms in total. The van der Waals surface area contributed by atoms with Gasteiger partial charge in [-0.2, -0.15) is 14.2 Å². The van der Waals surface area contributed by atoms with Crippen molar-refractivity contribution in [2.45, 2.75) is 18.6 Å². The molecule has 0 N–H and O–H groups in total. The molecule has 1 amide bonds. The van der Waals surface area contributed by atoms with E-state index in [0.29, 0.717) is 5.69 Å². The maximum absolute atomic E-state index is 12.9. The third-order valence-electron chi connectivity index (χ3n) is 5.47. The van der Waals surface area contributed by atoms with Crippen molar-refractivity contribution >= 4 is 25.8 Å². The van der Waals surface area contributed by atoms with Crippen molar-refractivity contribution in [2.24, 2.45) is 0 Å². The van der Waals surface area contributed by atoms with Gasteiger partial charge in [0.2, 0.25) is 10.0 Å². The first-order chi connectivity index (χ1) is 14.2. The Morgan fingerprint density at radius 2 is 1.73 bits per heavy atom. The number of sulfone groups is 1. The van der Waals surface area contributed by atoms with E-state index in [-0.39, 0.29) is 55.7 Å². The highest BCUT2D eigenvalue weighted by Crippen LogP contribution is 2.23. The molecule has 30 heavy (non-hydrogen) atoms. The molecule has 1 aromatic carbocycles. The Morgan fingerprint density at radius 1 is 1.07 bits per heavy atom. The van der Waals surface area contributed by atoms with E-state index in [2.05, 4.69) is 10.2 Å². The van der Waals surface area contributed by atoms with Gasteiger partial charge < -0.3 is 4.90 Å². The van der Waals surface area contributed by atoms with Crippen LogP contribution in [-0.4, -0.2) is 89.9 Å². The Balaban J connectivity index is 1.43. The predicted octanol–water partition coefficient (Wildman–Crippen LogP) is -0.150. The van der Waals surface area contributed by atoms with Crippen LogP contribution in [0.5, 0.6) is 0 Å². The molecule has 1 atom stereocenters. The Bertz CT molecular complexity index is 1150. The van der Waals surface area contributed by atoms with Crippen LogP contribution in [0.4, 0.5) is 0 Å². The van der Waals surface area contributed by atoms with Gasteiger partial charge in [-0.3, -0.25) is 4.79 Å². The smallest absolute Gasteiger partial charge is 0.276 e. The molecule has 2 aliphatic heterocycles. The van der Waals surface area contributed by atoms with E-state index in [4.69, 9.17) is 0 Å². The lowest BCUT2D eigenvalue weighted by atomic mass is 10.2. The number of hydrogen-bond acceptors (Lipinski definition) is 7. The summed E-state index contributed by atoms with van der Waals surface area (Å²) in [6.07, 6.45) is 0.131. The first-order valence-electron chi connectivity index (χ1n) is 9.65. The van der Waals surface area contributed by atoms with Crippen molar-refractivity contribution in [2.75, 3.05) is 37.7 Å². The summed E-state index contributed by atoms with van der Waals surface area (Å²) in [6, 6.07) is 9.25. The number of para-hydroxylation sites is 1. The van der Waals surface area contributed by atoms with Crippen LogP contribution in [0.25, 0.3) is 5.69 Å². The summed E-state index contributed by atoms with van der Waals surface area (Å²) in [4.78, 5) is 15.9. The van der Waals surface area contributed by atoms with Crippen molar-refractivity contribution in [3.63, 3.8) is 0 Å². The number of rotatable bonds is 4. The van der Waals surface area contributed by atoms with Crippen molar-refractivity contribution in [1.82, 2.24) is 24.2 Å². The van der Waals surface area contributed by atoms with E-state index in [9.17, 15) is 21.6 Å². The molecule has 0 aliphatic carbocycles. The molecule has 0 radical (unpaired) electrons. The number of benzene rings is 1. The number of amides is 1. The maximum Gasteiger partial charge on any atom is 0.276 e. The van der Waals surface area contributed by atoms with Crippen LogP contribution < -0.4 is 0 Å². The Morgan fingerprint density at radius 3 is 2.33 bits per heavy atom. The highest BCUT2D eigenvalue weighted by Gasteiger charge is 2.41. The van der Waals surface area contributed by atoms with E-state index in [1.807, 2.05) is 30.3 Å². The first kappa shape index (κ1) is 20.9. The molecule has 0 unspecified atom stereocenters. The van der Waals surface area contributed by atoms with Crippen LogP contribution in [0.15, 0.2) is 30.3 Å². The topological polar surface area (TPSA) is 123 Å².